The van der Waals surface area contributed by atoms with E-state index >= 15 is 0 Å². The maximum absolute atomic E-state index is 11.7. The Morgan fingerprint density at radius 3 is 2.64 bits per heavy atom. The van der Waals surface area contributed by atoms with Crippen LogP contribution < -0.4 is 10.1 Å². The fourth-order valence-electron chi connectivity index (χ4n) is 1.95. The first-order chi connectivity index (χ1) is 12.1. The van der Waals surface area contributed by atoms with Crippen LogP contribution in [0.15, 0.2) is 34.9 Å². The van der Waals surface area contributed by atoms with Gasteiger partial charge in [0.05, 0.1) is 25.2 Å². The van der Waals surface area contributed by atoms with Gasteiger partial charge < -0.3 is 19.3 Å². The van der Waals surface area contributed by atoms with Crippen LogP contribution in [0.1, 0.15) is 11.3 Å². The molecule has 0 bridgehead atoms. The molecule has 7 nitrogen and oxygen atoms in total. The molecule has 1 N–H and O–H groups in total. The molecule has 0 aliphatic rings. The number of thioether (sulfide) groups is 1. The fraction of sp³-hybridized carbons (Fsp3) is 0.353. The van der Waals surface area contributed by atoms with Gasteiger partial charge in [0.15, 0.2) is 5.82 Å². The molecule has 0 spiro atoms. The molecule has 0 atom stereocenters. The number of hydrogen-bond acceptors (Lipinski definition) is 7. The Bertz CT molecular complexity index is 699. The molecule has 25 heavy (non-hydrogen) atoms. The number of benzene rings is 1. The third-order valence-corrected chi connectivity index (χ3v) is 4.07. The molecule has 1 heterocycles. The van der Waals surface area contributed by atoms with Gasteiger partial charge in [-0.1, -0.05) is 17.3 Å². The Hall–Kier alpha value is -2.48. The summed E-state index contributed by atoms with van der Waals surface area (Å²) in [7, 11) is 1.61. The molecule has 0 aliphatic carbocycles. The van der Waals surface area contributed by atoms with Crippen LogP contribution in [0.4, 0.5) is 5.82 Å². The van der Waals surface area contributed by atoms with Gasteiger partial charge >= 0.3 is 5.97 Å². The minimum Gasteiger partial charge on any atom is -0.497 e. The Morgan fingerprint density at radius 2 is 2.00 bits per heavy atom. The lowest BCUT2D eigenvalue weighted by atomic mass is 10.1. The van der Waals surface area contributed by atoms with E-state index in [0.29, 0.717) is 24.6 Å². The van der Waals surface area contributed by atoms with Crippen LogP contribution in [0.5, 0.6) is 5.75 Å². The van der Waals surface area contributed by atoms with E-state index in [4.69, 9.17) is 14.0 Å². The molecule has 8 heteroatoms. The number of hydrogen-bond donors (Lipinski definition) is 1. The third-order valence-electron chi connectivity index (χ3n) is 3.16. The molecule has 0 aliphatic heterocycles. The summed E-state index contributed by atoms with van der Waals surface area (Å²) in [5, 5.41) is 6.25. The van der Waals surface area contributed by atoms with Gasteiger partial charge in [-0.25, -0.2) is 0 Å². The number of aromatic nitrogens is 1. The Labute approximate surface area is 150 Å². The van der Waals surface area contributed by atoms with Gasteiger partial charge in [-0.2, -0.15) is 0 Å². The summed E-state index contributed by atoms with van der Waals surface area (Å²) in [4.78, 5) is 23.3. The largest absolute Gasteiger partial charge is 0.497 e. The topological polar surface area (TPSA) is 90.7 Å². The molecule has 0 saturated carbocycles. The van der Waals surface area contributed by atoms with Crippen molar-refractivity contribution < 1.29 is 23.6 Å². The van der Waals surface area contributed by atoms with Crippen molar-refractivity contribution in [1.29, 1.82) is 0 Å². The van der Waals surface area contributed by atoms with Crippen LogP contribution in [0, 0.1) is 6.92 Å². The summed E-state index contributed by atoms with van der Waals surface area (Å²) in [5.41, 5.74) is 1.06. The minimum atomic E-state index is -0.344. The van der Waals surface area contributed by atoms with Crippen molar-refractivity contribution in [1.82, 2.24) is 5.16 Å². The smallest absolute Gasteiger partial charge is 0.315 e. The zero-order valence-corrected chi connectivity index (χ0v) is 14.9. The Kier molecular flexibility index (Phi) is 7.34. The molecule has 2 aromatic rings. The number of nitrogens with one attached hydrogen (secondary N) is 1. The molecule has 1 amide bonds. The second kappa shape index (κ2) is 9.73. The van der Waals surface area contributed by atoms with E-state index in [2.05, 4.69) is 10.5 Å². The fourth-order valence-corrected chi connectivity index (χ4v) is 2.56. The highest BCUT2D eigenvalue weighted by Crippen LogP contribution is 2.12. The van der Waals surface area contributed by atoms with E-state index in [-0.39, 0.29) is 23.4 Å². The lowest BCUT2D eigenvalue weighted by Crippen LogP contribution is -2.16. The molecule has 1 aromatic carbocycles. The number of esters is 1. The van der Waals surface area contributed by atoms with Crippen molar-refractivity contribution in [2.45, 2.75) is 13.3 Å². The number of methoxy groups -OCH3 is 1. The zero-order chi connectivity index (χ0) is 18.1. The number of ether oxygens (including phenoxy) is 2. The summed E-state index contributed by atoms with van der Waals surface area (Å²) < 4.78 is 15.1. The van der Waals surface area contributed by atoms with Crippen LogP contribution >= 0.6 is 11.8 Å². The number of amides is 1. The summed E-state index contributed by atoms with van der Waals surface area (Å²) in [6.07, 6.45) is 0.631. The number of anilines is 1. The van der Waals surface area contributed by atoms with Crippen LogP contribution in [0.25, 0.3) is 0 Å². The predicted octanol–water partition coefficient (Wildman–Crippen LogP) is 2.45. The Balaban J connectivity index is 1.58. The van der Waals surface area contributed by atoms with Crippen molar-refractivity contribution in [3.05, 3.63) is 41.7 Å². The molecule has 0 saturated heterocycles. The van der Waals surface area contributed by atoms with Gasteiger partial charge in [-0.3, -0.25) is 9.59 Å². The summed E-state index contributed by atoms with van der Waals surface area (Å²) in [5.74, 6) is 1.44. The standard InChI is InChI=1S/C17H20N2O5S/c1-12-9-15(19-24-12)18-16(20)10-25-11-17(21)23-8-7-13-3-5-14(22-2)6-4-13/h3-6,9H,7-8,10-11H2,1-2H3,(H,18,19,20). The number of carbonyl (C=O) groups excluding carboxylic acids is 2. The normalized spacial score (nSPS) is 10.3. The minimum absolute atomic E-state index is 0.119. The summed E-state index contributed by atoms with van der Waals surface area (Å²) in [6, 6.07) is 9.20. The second-order valence-electron chi connectivity index (χ2n) is 5.18. The van der Waals surface area contributed by atoms with Gasteiger partial charge in [0, 0.05) is 12.5 Å². The first-order valence-electron chi connectivity index (χ1n) is 7.66. The predicted molar refractivity (Wildman–Crippen MR) is 94.9 cm³/mol. The maximum Gasteiger partial charge on any atom is 0.315 e. The first kappa shape index (κ1) is 18.9. The summed E-state index contributed by atoms with van der Waals surface area (Å²) >= 11 is 1.19. The third kappa shape index (κ3) is 6.88. The monoisotopic (exact) mass is 364 g/mol. The molecule has 1 aromatic heterocycles. The molecule has 2 rings (SSSR count). The van der Waals surface area contributed by atoms with Crippen molar-refractivity contribution in [3.63, 3.8) is 0 Å². The molecule has 134 valence electrons. The van der Waals surface area contributed by atoms with E-state index in [0.717, 1.165) is 11.3 Å². The lowest BCUT2D eigenvalue weighted by Gasteiger charge is -2.06. The number of carbonyl (C=O) groups is 2. The average Bonchev–Trinajstić information content (AvgIpc) is 3.00. The quantitative estimate of drug-likeness (QED) is 0.683. The van der Waals surface area contributed by atoms with Gasteiger partial charge in [0.1, 0.15) is 11.5 Å². The van der Waals surface area contributed by atoms with Gasteiger partial charge in [0.25, 0.3) is 0 Å². The average molecular weight is 364 g/mol. The Morgan fingerprint density at radius 1 is 1.24 bits per heavy atom. The van der Waals surface area contributed by atoms with Crippen molar-refractivity contribution >= 4 is 29.5 Å². The highest BCUT2D eigenvalue weighted by molar-refractivity contribution is 8.00. The van der Waals surface area contributed by atoms with Gasteiger partial charge in [0.2, 0.25) is 5.91 Å². The molecular weight excluding hydrogens is 344 g/mol. The molecule has 0 radical (unpaired) electrons. The highest BCUT2D eigenvalue weighted by Gasteiger charge is 2.09. The van der Waals surface area contributed by atoms with Crippen LogP contribution in [-0.2, 0) is 20.7 Å². The summed E-state index contributed by atoms with van der Waals surface area (Å²) in [6.45, 7) is 2.04. The number of aryl methyl sites for hydroxylation is 1. The SMILES string of the molecule is COc1ccc(CCOC(=O)CSCC(=O)Nc2cc(C)on2)cc1. The lowest BCUT2D eigenvalue weighted by molar-refractivity contribution is -0.140. The molecule has 0 unspecified atom stereocenters. The van der Waals surface area contributed by atoms with E-state index in [1.165, 1.54) is 11.8 Å². The number of nitrogens with zero attached hydrogens (tertiary/aromatic N) is 1. The van der Waals surface area contributed by atoms with Crippen LogP contribution in [0.2, 0.25) is 0 Å². The highest BCUT2D eigenvalue weighted by atomic mass is 32.2. The van der Waals surface area contributed by atoms with Crippen molar-refractivity contribution in [2.75, 3.05) is 30.5 Å². The van der Waals surface area contributed by atoms with E-state index < -0.39 is 0 Å². The van der Waals surface area contributed by atoms with Crippen molar-refractivity contribution in [2.24, 2.45) is 0 Å². The van der Waals surface area contributed by atoms with Crippen LogP contribution in [0.3, 0.4) is 0 Å². The number of rotatable bonds is 9. The van der Waals surface area contributed by atoms with Crippen molar-refractivity contribution in [3.8, 4) is 5.75 Å². The molecule has 0 fully saturated rings. The maximum atomic E-state index is 11.7. The second-order valence-corrected chi connectivity index (χ2v) is 6.17. The van der Waals surface area contributed by atoms with Crippen LogP contribution in [-0.4, -0.2) is 42.3 Å². The van der Waals surface area contributed by atoms with E-state index in [9.17, 15) is 9.59 Å². The zero-order valence-electron chi connectivity index (χ0n) is 14.1. The molecular formula is C17H20N2O5S. The van der Waals surface area contributed by atoms with Gasteiger partial charge in [-0.05, 0) is 24.6 Å². The van der Waals surface area contributed by atoms with E-state index in [1.54, 1.807) is 20.1 Å². The van der Waals surface area contributed by atoms with Gasteiger partial charge in [-0.15, -0.1) is 11.8 Å². The van der Waals surface area contributed by atoms with E-state index in [1.807, 2.05) is 24.3 Å². The first-order valence-corrected chi connectivity index (χ1v) is 8.82.